The van der Waals surface area contributed by atoms with Crippen molar-refractivity contribution in [1.82, 2.24) is 0 Å². The Kier molecular flexibility index (Phi) is 5.46. The molecular formula is C12H11BrClNO2. The predicted octanol–water partition coefficient (Wildman–Crippen LogP) is 3.66. The molecule has 0 aliphatic carbocycles. The van der Waals surface area contributed by atoms with Crippen molar-refractivity contribution in [2.75, 3.05) is 7.11 Å². The van der Waals surface area contributed by atoms with Crippen LogP contribution in [-0.2, 0) is 9.53 Å². The van der Waals surface area contributed by atoms with Crippen molar-refractivity contribution in [3.63, 3.8) is 0 Å². The Hall–Kier alpha value is -1.05. The van der Waals surface area contributed by atoms with Crippen LogP contribution in [0.5, 0.6) is 0 Å². The molecule has 0 aliphatic rings. The van der Waals surface area contributed by atoms with E-state index in [-0.39, 0.29) is 12.4 Å². The zero-order chi connectivity index (χ0) is 12.8. The Morgan fingerprint density at radius 3 is 2.94 bits per heavy atom. The number of esters is 1. The fourth-order valence-corrected chi connectivity index (χ4v) is 2.08. The maximum Gasteiger partial charge on any atom is 0.305 e. The van der Waals surface area contributed by atoms with Gasteiger partial charge < -0.3 is 4.74 Å². The number of carbonyl (C=O) groups excluding carboxylic acids is 1. The first kappa shape index (κ1) is 14.0. The van der Waals surface area contributed by atoms with Gasteiger partial charge in [0.2, 0.25) is 0 Å². The molecule has 1 atom stereocenters. The van der Waals surface area contributed by atoms with E-state index in [2.05, 4.69) is 26.7 Å². The summed E-state index contributed by atoms with van der Waals surface area (Å²) < 4.78 is 5.29. The fraction of sp³-hybridized carbons (Fsp3) is 0.333. The Morgan fingerprint density at radius 1 is 1.65 bits per heavy atom. The normalized spacial score (nSPS) is 11.6. The zero-order valence-electron chi connectivity index (χ0n) is 9.24. The Bertz CT molecular complexity index is 456. The molecule has 0 heterocycles. The Morgan fingerprint density at radius 2 is 2.35 bits per heavy atom. The molecule has 0 radical (unpaired) electrons. The van der Waals surface area contributed by atoms with Crippen LogP contribution in [0.25, 0.3) is 0 Å². The van der Waals surface area contributed by atoms with E-state index >= 15 is 0 Å². The van der Waals surface area contributed by atoms with E-state index in [0.29, 0.717) is 11.4 Å². The summed E-state index contributed by atoms with van der Waals surface area (Å²) >= 11 is 9.41. The van der Waals surface area contributed by atoms with Gasteiger partial charge in [-0.1, -0.05) is 23.7 Å². The van der Waals surface area contributed by atoms with Crippen molar-refractivity contribution >= 4 is 33.5 Å². The second-order valence-electron chi connectivity index (χ2n) is 3.44. The van der Waals surface area contributed by atoms with Crippen molar-refractivity contribution in [1.29, 1.82) is 5.26 Å². The first-order valence-electron chi connectivity index (χ1n) is 5.00. The minimum absolute atomic E-state index is 0.206. The largest absolute Gasteiger partial charge is 0.469 e. The maximum atomic E-state index is 11.0. The molecule has 0 saturated carbocycles. The lowest BCUT2D eigenvalue weighted by Gasteiger charge is -2.11. The van der Waals surface area contributed by atoms with Crippen LogP contribution in [0.2, 0.25) is 5.02 Å². The highest BCUT2D eigenvalue weighted by molar-refractivity contribution is 9.10. The molecule has 1 aromatic rings. The molecule has 0 aromatic heterocycles. The summed E-state index contributed by atoms with van der Waals surface area (Å²) in [4.78, 5) is 11.0. The van der Waals surface area contributed by atoms with Crippen molar-refractivity contribution in [3.8, 4) is 6.07 Å². The number of halogens is 2. The monoisotopic (exact) mass is 315 g/mol. The number of methoxy groups -OCH3 is 1. The van der Waals surface area contributed by atoms with Crippen LogP contribution in [-0.4, -0.2) is 13.1 Å². The lowest BCUT2D eigenvalue weighted by molar-refractivity contribution is -0.140. The van der Waals surface area contributed by atoms with E-state index in [1.165, 1.54) is 7.11 Å². The molecular weight excluding hydrogens is 305 g/mol. The molecule has 90 valence electrons. The number of hydrogen-bond acceptors (Lipinski definition) is 3. The molecule has 0 bridgehead atoms. The average Bonchev–Trinajstić information content (AvgIpc) is 2.34. The second kappa shape index (κ2) is 6.63. The van der Waals surface area contributed by atoms with Crippen molar-refractivity contribution in [2.45, 2.75) is 18.8 Å². The van der Waals surface area contributed by atoms with Gasteiger partial charge in [0.25, 0.3) is 0 Å². The van der Waals surface area contributed by atoms with E-state index in [0.717, 1.165) is 10.0 Å². The second-order valence-corrected chi connectivity index (χ2v) is 4.67. The summed E-state index contributed by atoms with van der Waals surface area (Å²) in [6.07, 6.45) is 0.608. The number of benzene rings is 1. The molecule has 0 spiro atoms. The lowest BCUT2D eigenvalue weighted by atomic mass is 9.96. The van der Waals surface area contributed by atoms with Crippen molar-refractivity contribution < 1.29 is 9.53 Å². The summed E-state index contributed by atoms with van der Waals surface area (Å²) in [5.74, 6) is -0.726. The molecule has 0 aliphatic heterocycles. The highest BCUT2D eigenvalue weighted by Gasteiger charge is 2.17. The van der Waals surface area contributed by atoms with E-state index in [1.807, 2.05) is 6.07 Å². The third-order valence-corrected chi connectivity index (χ3v) is 3.69. The van der Waals surface area contributed by atoms with Crippen LogP contribution in [0.4, 0.5) is 0 Å². The average molecular weight is 317 g/mol. The fourth-order valence-electron chi connectivity index (χ4n) is 1.44. The van der Waals surface area contributed by atoms with Gasteiger partial charge in [0.1, 0.15) is 0 Å². The van der Waals surface area contributed by atoms with Gasteiger partial charge in [-0.2, -0.15) is 5.26 Å². The van der Waals surface area contributed by atoms with Crippen LogP contribution in [0.1, 0.15) is 24.3 Å². The van der Waals surface area contributed by atoms with Gasteiger partial charge in [0, 0.05) is 10.9 Å². The summed E-state index contributed by atoms with van der Waals surface area (Å²) in [6, 6.07) is 7.56. The molecule has 0 saturated heterocycles. The highest BCUT2D eigenvalue weighted by atomic mass is 79.9. The minimum atomic E-state index is -0.404. The maximum absolute atomic E-state index is 11.0. The molecule has 1 aromatic carbocycles. The van der Waals surface area contributed by atoms with Crippen LogP contribution in [0.15, 0.2) is 22.7 Å². The molecule has 1 unspecified atom stereocenters. The number of rotatable bonds is 4. The minimum Gasteiger partial charge on any atom is -0.469 e. The molecule has 5 heteroatoms. The van der Waals surface area contributed by atoms with Crippen LogP contribution in [0, 0.1) is 11.3 Å². The summed E-state index contributed by atoms with van der Waals surface area (Å²) in [5.41, 5.74) is 0.729. The van der Waals surface area contributed by atoms with Gasteiger partial charge in [0.15, 0.2) is 0 Å². The van der Waals surface area contributed by atoms with Crippen LogP contribution >= 0.6 is 27.5 Å². The molecule has 0 amide bonds. The third-order valence-electron chi connectivity index (χ3n) is 2.38. The topological polar surface area (TPSA) is 50.1 Å². The van der Waals surface area contributed by atoms with Gasteiger partial charge in [-0.25, -0.2) is 0 Å². The summed E-state index contributed by atoms with van der Waals surface area (Å²) in [7, 11) is 1.33. The number of nitrogens with zero attached hydrogens (tertiary/aromatic N) is 1. The molecule has 0 N–H and O–H groups in total. The third kappa shape index (κ3) is 3.72. The zero-order valence-corrected chi connectivity index (χ0v) is 11.6. The standard InChI is InChI=1S/C12H11BrClNO2/c1-17-11(16)6-5-8(7-15)9-3-2-4-10(13)12(9)14/h2-4,8H,5-6H2,1H3. The number of ether oxygens (including phenoxy) is 1. The number of carbonyl (C=O) groups is 1. The van der Waals surface area contributed by atoms with E-state index < -0.39 is 5.92 Å². The molecule has 0 fully saturated rings. The Balaban J connectivity index is 2.84. The molecule has 1 rings (SSSR count). The van der Waals surface area contributed by atoms with E-state index in [1.54, 1.807) is 12.1 Å². The number of nitriles is 1. The predicted molar refractivity (Wildman–Crippen MR) is 68.8 cm³/mol. The first-order chi connectivity index (χ1) is 8.10. The highest BCUT2D eigenvalue weighted by Crippen LogP contribution is 2.33. The summed E-state index contributed by atoms with van der Waals surface area (Å²) in [6.45, 7) is 0. The lowest BCUT2D eigenvalue weighted by Crippen LogP contribution is -2.04. The van der Waals surface area contributed by atoms with Gasteiger partial charge in [-0.05, 0) is 34.0 Å². The number of hydrogen-bond donors (Lipinski definition) is 0. The van der Waals surface area contributed by atoms with Crippen LogP contribution < -0.4 is 0 Å². The van der Waals surface area contributed by atoms with Crippen LogP contribution in [0.3, 0.4) is 0 Å². The molecule has 3 nitrogen and oxygen atoms in total. The van der Waals surface area contributed by atoms with Gasteiger partial charge in [-0.3, -0.25) is 4.79 Å². The van der Waals surface area contributed by atoms with Gasteiger partial charge in [-0.15, -0.1) is 0 Å². The SMILES string of the molecule is COC(=O)CCC(C#N)c1cccc(Br)c1Cl. The Labute approximate surface area is 113 Å². The van der Waals surface area contributed by atoms with Gasteiger partial charge in [0.05, 0.1) is 24.1 Å². The van der Waals surface area contributed by atoms with E-state index in [9.17, 15) is 4.79 Å². The first-order valence-corrected chi connectivity index (χ1v) is 6.17. The summed E-state index contributed by atoms with van der Waals surface area (Å²) in [5, 5.41) is 9.62. The van der Waals surface area contributed by atoms with Crippen molar-refractivity contribution in [3.05, 3.63) is 33.3 Å². The van der Waals surface area contributed by atoms with Crippen molar-refractivity contribution in [2.24, 2.45) is 0 Å². The molecule has 17 heavy (non-hydrogen) atoms. The van der Waals surface area contributed by atoms with E-state index in [4.69, 9.17) is 16.9 Å². The van der Waals surface area contributed by atoms with Gasteiger partial charge >= 0.3 is 5.97 Å². The quantitative estimate of drug-likeness (QED) is 0.796. The smallest absolute Gasteiger partial charge is 0.305 e.